The number of amides is 2. The van der Waals surface area contributed by atoms with Gasteiger partial charge in [-0.2, -0.15) is 0 Å². The van der Waals surface area contributed by atoms with Crippen LogP contribution in [0.1, 0.15) is 45.4 Å². The zero-order valence-corrected chi connectivity index (χ0v) is 16.7. The lowest BCUT2D eigenvalue weighted by molar-refractivity contribution is -0.126. The quantitative estimate of drug-likeness (QED) is 0.819. The van der Waals surface area contributed by atoms with Crippen LogP contribution in [-0.4, -0.2) is 37.4 Å². The summed E-state index contributed by atoms with van der Waals surface area (Å²) in [7, 11) is 1.95. The number of fused-ring (bicyclic) bond motifs is 1. The van der Waals surface area contributed by atoms with Gasteiger partial charge in [0, 0.05) is 13.0 Å². The average molecular weight is 385 g/mol. The summed E-state index contributed by atoms with van der Waals surface area (Å²) in [5.74, 6) is 1.17. The first-order valence-electron chi connectivity index (χ1n) is 9.11. The van der Waals surface area contributed by atoms with Gasteiger partial charge in [-0.3, -0.25) is 14.5 Å². The Hall–Kier alpha value is -2.35. The van der Waals surface area contributed by atoms with Crippen molar-refractivity contribution in [1.82, 2.24) is 14.8 Å². The molecule has 1 atom stereocenters. The molecular weight excluding hydrogens is 362 g/mol. The minimum Gasteiger partial charge on any atom is -0.322 e. The smallest absolute Gasteiger partial charge is 0.250 e. The lowest BCUT2D eigenvalue weighted by Crippen LogP contribution is -2.60. The van der Waals surface area contributed by atoms with Gasteiger partial charge < -0.3 is 9.88 Å². The van der Waals surface area contributed by atoms with E-state index < -0.39 is 10.8 Å². The van der Waals surface area contributed by atoms with Crippen molar-refractivity contribution in [3.8, 4) is 0 Å². The molecule has 1 aromatic carbocycles. The Morgan fingerprint density at radius 3 is 2.70 bits per heavy atom. The molecule has 0 bridgehead atoms. The van der Waals surface area contributed by atoms with Crippen LogP contribution >= 0.6 is 11.8 Å². The van der Waals surface area contributed by atoms with E-state index in [9.17, 15) is 9.59 Å². The third-order valence-corrected chi connectivity index (χ3v) is 6.29. The van der Waals surface area contributed by atoms with E-state index >= 15 is 0 Å². The van der Waals surface area contributed by atoms with Crippen molar-refractivity contribution in [2.75, 3.05) is 10.2 Å². The normalized spacial score (nSPS) is 19.4. The van der Waals surface area contributed by atoms with Crippen LogP contribution < -0.4 is 10.2 Å². The Labute approximate surface area is 162 Å². The zero-order valence-electron chi connectivity index (χ0n) is 15.9. The second-order valence-electron chi connectivity index (χ2n) is 7.64. The summed E-state index contributed by atoms with van der Waals surface area (Å²) in [6.07, 6.45) is 2.30. The maximum absolute atomic E-state index is 13.4. The summed E-state index contributed by atoms with van der Waals surface area (Å²) in [5.41, 5.74) is 0.400. The van der Waals surface area contributed by atoms with Gasteiger partial charge >= 0.3 is 0 Å². The minimum atomic E-state index is -0.973. The van der Waals surface area contributed by atoms with Gasteiger partial charge in [-0.1, -0.05) is 23.9 Å². The first kappa shape index (κ1) is 18.0. The van der Waals surface area contributed by atoms with Crippen molar-refractivity contribution in [3.63, 3.8) is 0 Å². The van der Waals surface area contributed by atoms with Crippen LogP contribution in [0.5, 0.6) is 0 Å². The van der Waals surface area contributed by atoms with Crippen LogP contribution in [0.2, 0.25) is 0 Å². The maximum Gasteiger partial charge on any atom is 0.250 e. The Balaban J connectivity index is 1.62. The van der Waals surface area contributed by atoms with E-state index in [0.29, 0.717) is 11.6 Å². The standard InChI is InChI=1S/C19H23N5O2S/c1-11(27-18-22-21-15(23(18)4)12-9-10-12)16(25)24-14-8-6-5-7-13(14)20-17(26)19(24,2)3/h5-8,11-12H,9-10H2,1-4H3,(H,20,26)/t11-/m1/s1. The predicted molar refractivity (Wildman–Crippen MR) is 105 cm³/mol. The van der Waals surface area contributed by atoms with Gasteiger partial charge in [0.1, 0.15) is 11.4 Å². The molecule has 1 aromatic heterocycles. The monoisotopic (exact) mass is 385 g/mol. The molecule has 0 saturated heterocycles. The molecule has 0 radical (unpaired) electrons. The van der Waals surface area contributed by atoms with Crippen LogP contribution in [0.15, 0.2) is 29.4 Å². The third-order valence-electron chi connectivity index (χ3n) is 5.17. The van der Waals surface area contributed by atoms with Gasteiger partial charge in [-0.05, 0) is 45.7 Å². The van der Waals surface area contributed by atoms with E-state index in [1.807, 2.05) is 42.8 Å². The number of aromatic nitrogens is 3. The summed E-state index contributed by atoms with van der Waals surface area (Å²) < 4.78 is 1.98. The predicted octanol–water partition coefficient (Wildman–Crippen LogP) is 2.94. The number of thioether (sulfide) groups is 1. The Morgan fingerprint density at radius 2 is 2.00 bits per heavy atom. The molecule has 4 rings (SSSR count). The highest BCUT2D eigenvalue weighted by Gasteiger charge is 2.45. The molecule has 0 spiro atoms. The molecule has 2 aromatic rings. The number of carbonyl (C=O) groups is 2. The fourth-order valence-electron chi connectivity index (χ4n) is 3.36. The zero-order chi connectivity index (χ0) is 19.3. The van der Waals surface area contributed by atoms with Gasteiger partial charge in [-0.25, -0.2) is 0 Å². The Kier molecular flexibility index (Phi) is 4.25. The van der Waals surface area contributed by atoms with E-state index in [1.165, 1.54) is 11.8 Å². The van der Waals surface area contributed by atoms with Gasteiger partial charge in [0.2, 0.25) is 11.8 Å². The lowest BCUT2D eigenvalue weighted by Gasteiger charge is -2.43. The molecule has 2 heterocycles. The number of nitrogens with one attached hydrogen (secondary N) is 1. The lowest BCUT2D eigenvalue weighted by atomic mass is 9.96. The first-order chi connectivity index (χ1) is 12.8. The largest absolute Gasteiger partial charge is 0.322 e. The maximum atomic E-state index is 13.4. The molecule has 2 aliphatic rings. The first-order valence-corrected chi connectivity index (χ1v) is 9.99. The number of carbonyl (C=O) groups excluding carboxylic acids is 2. The van der Waals surface area contributed by atoms with Crippen LogP contribution in [-0.2, 0) is 16.6 Å². The fraction of sp³-hybridized carbons (Fsp3) is 0.474. The van der Waals surface area contributed by atoms with Crippen molar-refractivity contribution >= 4 is 35.0 Å². The van der Waals surface area contributed by atoms with Gasteiger partial charge in [0.05, 0.1) is 16.6 Å². The van der Waals surface area contributed by atoms with Crippen LogP contribution in [0.4, 0.5) is 11.4 Å². The van der Waals surface area contributed by atoms with Gasteiger partial charge in [-0.15, -0.1) is 10.2 Å². The van der Waals surface area contributed by atoms with E-state index in [4.69, 9.17) is 0 Å². The number of rotatable bonds is 4. The number of anilines is 2. The highest BCUT2D eigenvalue weighted by atomic mass is 32.2. The Morgan fingerprint density at radius 1 is 1.30 bits per heavy atom. The van der Waals surface area contributed by atoms with Crippen LogP contribution in [0.3, 0.4) is 0 Å². The molecule has 1 fully saturated rings. The molecule has 8 heteroatoms. The molecule has 1 saturated carbocycles. The molecule has 1 aliphatic carbocycles. The molecular formula is C19H23N5O2S. The molecule has 2 amide bonds. The molecule has 1 aliphatic heterocycles. The van der Waals surface area contributed by atoms with E-state index in [-0.39, 0.29) is 11.8 Å². The highest BCUT2D eigenvalue weighted by molar-refractivity contribution is 8.00. The molecule has 27 heavy (non-hydrogen) atoms. The van der Waals surface area contributed by atoms with Crippen molar-refractivity contribution in [1.29, 1.82) is 0 Å². The number of para-hydroxylation sites is 2. The molecule has 0 unspecified atom stereocenters. The third kappa shape index (κ3) is 3.01. The number of hydrogen-bond donors (Lipinski definition) is 1. The summed E-state index contributed by atoms with van der Waals surface area (Å²) in [5, 5.41) is 11.8. The minimum absolute atomic E-state index is 0.122. The van der Waals surface area contributed by atoms with Crippen molar-refractivity contribution < 1.29 is 9.59 Å². The Bertz CT molecular complexity index is 919. The second kappa shape index (κ2) is 6.37. The molecule has 142 valence electrons. The van der Waals surface area contributed by atoms with Gasteiger partial charge in [0.25, 0.3) is 0 Å². The van der Waals surface area contributed by atoms with Crippen molar-refractivity contribution in [2.45, 2.75) is 55.5 Å². The van der Waals surface area contributed by atoms with E-state index in [0.717, 1.165) is 29.5 Å². The van der Waals surface area contributed by atoms with Crippen LogP contribution in [0, 0.1) is 0 Å². The van der Waals surface area contributed by atoms with Gasteiger partial charge in [0.15, 0.2) is 5.16 Å². The summed E-state index contributed by atoms with van der Waals surface area (Å²) in [6.45, 7) is 5.38. The number of hydrogen-bond acceptors (Lipinski definition) is 5. The summed E-state index contributed by atoms with van der Waals surface area (Å²) >= 11 is 1.38. The van der Waals surface area contributed by atoms with E-state index in [1.54, 1.807) is 18.7 Å². The van der Waals surface area contributed by atoms with E-state index in [2.05, 4.69) is 15.5 Å². The van der Waals surface area contributed by atoms with Crippen molar-refractivity contribution in [2.24, 2.45) is 7.05 Å². The summed E-state index contributed by atoms with van der Waals surface area (Å²) in [6, 6.07) is 7.39. The van der Waals surface area contributed by atoms with Crippen LogP contribution in [0.25, 0.3) is 0 Å². The SMILES string of the molecule is C[C@@H](Sc1nnc(C2CC2)n1C)C(=O)N1c2ccccc2NC(=O)C1(C)C. The second-order valence-corrected chi connectivity index (χ2v) is 8.95. The topological polar surface area (TPSA) is 80.1 Å². The molecule has 7 nitrogen and oxygen atoms in total. The average Bonchev–Trinajstić information content (AvgIpc) is 3.40. The van der Waals surface area contributed by atoms with Crippen molar-refractivity contribution in [3.05, 3.63) is 30.1 Å². The fourth-order valence-corrected chi connectivity index (χ4v) is 4.22. The summed E-state index contributed by atoms with van der Waals surface area (Å²) in [4.78, 5) is 27.5. The number of nitrogens with zero attached hydrogens (tertiary/aromatic N) is 4. The molecule has 1 N–H and O–H groups in total. The number of benzene rings is 1. The highest BCUT2D eigenvalue weighted by Crippen LogP contribution is 2.41.